The Morgan fingerprint density at radius 3 is 2.38 bits per heavy atom. The van der Waals surface area contributed by atoms with Gasteiger partial charge in [0.05, 0.1) is 5.56 Å². The molecule has 0 aliphatic heterocycles. The van der Waals surface area contributed by atoms with E-state index in [4.69, 9.17) is 11.6 Å². The average molecular weight is 370 g/mol. The summed E-state index contributed by atoms with van der Waals surface area (Å²) in [6.07, 6.45) is 3.83. The van der Waals surface area contributed by atoms with Gasteiger partial charge in [0.1, 0.15) is 5.15 Å². The van der Waals surface area contributed by atoms with Crippen molar-refractivity contribution in [2.75, 3.05) is 0 Å². The van der Waals surface area contributed by atoms with E-state index in [9.17, 15) is 9.59 Å². The van der Waals surface area contributed by atoms with Crippen LogP contribution in [0.25, 0.3) is 11.1 Å². The summed E-state index contributed by atoms with van der Waals surface area (Å²) in [4.78, 5) is 27.4. The highest BCUT2D eigenvalue weighted by Gasteiger charge is 2.23. The van der Waals surface area contributed by atoms with Crippen LogP contribution in [0.4, 0.5) is 0 Å². The largest absolute Gasteiger partial charge is 0.329 e. The molecule has 4 nitrogen and oxygen atoms in total. The van der Waals surface area contributed by atoms with Gasteiger partial charge in [0.2, 0.25) is 0 Å². The normalized spacial score (nSPS) is 15.5. The number of nitrogens with one attached hydrogen (secondary N) is 1. The molecule has 0 spiro atoms. The van der Waals surface area contributed by atoms with Gasteiger partial charge in [0.25, 0.3) is 5.56 Å². The second-order valence-corrected chi connectivity index (χ2v) is 6.53. The van der Waals surface area contributed by atoms with E-state index >= 15 is 0 Å². The lowest BCUT2D eigenvalue weighted by Crippen LogP contribution is -2.38. The third kappa shape index (κ3) is 2.72. The van der Waals surface area contributed by atoms with Crippen LogP contribution in [0.5, 0.6) is 0 Å². The molecule has 1 N–H and O–H groups in total. The summed E-state index contributed by atoms with van der Waals surface area (Å²) in [5, 5.41) is 0.0987. The van der Waals surface area contributed by atoms with Gasteiger partial charge in [-0.25, -0.2) is 4.79 Å². The number of H-pyrrole nitrogens is 1. The first-order valence-electron chi connectivity index (χ1n) is 6.88. The molecular weight excluding hydrogens is 356 g/mol. The van der Waals surface area contributed by atoms with E-state index < -0.39 is 5.69 Å². The van der Waals surface area contributed by atoms with Crippen LogP contribution in [0.15, 0.2) is 38.3 Å². The predicted molar refractivity (Wildman–Crippen MR) is 87.0 cm³/mol. The zero-order valence-electron chi connectivity index (χ0n) is 11.2. The van der Waals surface area contributed by atoms with Gasteiger partial charge < -0.3 is 0 Å². The average Bonchev–Trinajstić information content (AvgIpc) is 2.94. The smallest absolute Gasteiger partial charge is 0.297 e. The van der Waals surface area contributed by atoms with Crippen molar-refractivity contribution in [3.63, 3.8) is 0 Å². The van der Waals surface area contributed by atoms with Crippen LogP contribution >= 0.6 is 27.5 Å². The Balaban J connectivity index is 2.21. The van der Waals surface area contributed by atoms with Crippen LogP contribution in [0.2, 0.25) is 5.15 Å². The molecule has 1 heterocycles. The quantitative estimate of drug-likeness (QED) is 0.820. The summed E-state index contributed by atoms with van der Waals surface area (Å²) >= 11 is 9.47. The van der Waals surface area contributed by atoms with Crippen LogP contribution in [0.3, 0.4) is 0 Å². The molecule has 3 rings (SSSR count). The van der Waals surface area contributed by atoms with E-state index in [2.05, 4.69) is 20.9 Å². The van der Waals surface area contributed by atoms with E-state index in [-0.39, 0.29) is 16.8 Å². The van der Waals surface area contributed by atoms with Crippen LogP contribution in [-0.2, 0) is 0 Å². The van der Waals surface area contributed by atoms with Crippen molar-refractivity contribution in [2.45, 2.75) is 31.7 Å². The second-order valence-electron chi connectivity index (χ2n) is 5.24. The first kappa shape index (κ1) is 14.6. The van der Waals surface area contributed by atoms with Crippen molar-refractivity contribution < 1.29 is 0 Å². The molecule has 1 aromatic carbocycles. The SMILES string of the molecule is O=c1[nH]c(Cl)c(-c2ccc(Br)cc2)c(=O)n1C1CCCC1. The minimum absolute atomic E-state index is 0.0206. The van der Waals surface area contributed by atoms with Gasteiger partial charge in [-0.05, 0) is 30.5 Å². The molecule has 0 bridgehead atoms. The number of halogens is 2. The monoisotopic (exact) mass is 368 g/mol. The summed E-state index contributed by atoms with van der Waals surface area (Å²) in [7, 11) is 0. The molecule has 1 aliphatic rings. The number of aromatic amines is 1. The Labute approximate surface area is 134 Å². The van der Waals surface area contributed by atoms with Crippen molar-refractivity contribution in [2.24, 2.45) is 0 Å². The fourth-order valence-electron chi connectivity index (χ4n) is 2.88. The van der Waals surface area contributed by atoms with Crippen LogP contribution in [-0.4, -0.2) is 9.55 Å². The summed E-state index contributed by atoms with van der Waals surface area (Å²) in [6, 6.07) is 7.29. The molecule has 0 radical (unpaired) electrons. The molecule has 1 fully saturated rings. The maximum atomic E-state index is 12.7. The Morgan fingerprint density at radius 2 is 1.76 bits per heavy atom. The molecular formula is C15H14BrClN2O2. The minimum Gasteiger partial charge on any atom is -0.297 e. The number of aromatic nitrogens is 2. The fourth-order valence-corrected chi connectivity index (χ4v) is 3.42. The van der Waals surface area contributed by atoms with E-state index in [1.54, 1.807) is 0 Å². The van der Waals surface area contributed by atoms with Gasteiger partial charge in [-0.15, -0.1) is 0 Å². The van der Waals surface area contributed by atoms with E-state index in [1.165, 1.54) is 4.57 Å². The van der Waals surface area contributed by atoms with Crippen LogP contribution in [0.1, 0.15) is 31.7 Å². The lowest BCUT2D eigenvalue weighted by atomic mass is 10.1. The Bertz CT molecular complexity index is 774. The molecule has 6 heteroatoms. The number of hydrogen-bond acceptors (Lipinski definition) is 2. The Morgan fingerprint density at radius 1 is 1.14 bits per heavy atom. The van der Waals surface area contributed by atoms with E-state index in [0.717, 1.165) is 30.2 Å². The molecule has 0 unspecified atom stereocenters. The number of rotatable bonds is 2. The lowest BCUT2D eigenvalue weighted by molar-refractivity contribution is 0.480. The van der Waals surface area contributed by atoms with Gasteiger partial charge in [-0.1, -0.05) is 52.5 Å². The molecule has 21 heavy (non-hydrogen) atoms. The topological polar surface area (TPSA) is 54.9 Å². The van der Waals surface area contributed by atoms with Crippen molar-refractivity contribution in [3.05, 3.63) is 54.7 Å². The highest BCUT2D eigenvalue weighted by molar-refractivity contribution is 9.10. The summed E-state index contributed by atoms with van der Waals surface area (Å²) in [5.41, 5.74) is 0.336. The standard InChI is InChI=1S/C15H14BrClN2O2/c16-10-7-5-9(6-8-10)12-13(17)18-15(21)19(14(12)20)11-3-1-2-4-11/h5-8,11H,1-4H2,(H,18,21). The number of hydrogen-bond donors (Lipinski definition) is 1. The maximum absolute atomic E-state index is 12.7. The first-order chi connectivity index (χ1) is 10.1. The van der Waals surface area contributed by atoms with Gasteiger partial charge in [0, 0.05) is 10.5 Å². The van der Waals surface area contributed by atoms with Gasteiger partial charge in [-0.2, -0.15) is 0 Å². The van der Waals surface area contributed by atoms with Gasteiger partial charge >= 0.3 is 5.69 Å². The minimum atomic E-state index is -0.419. The fraction of sp³-hybridized carbons (Fsp3) is 0.333. The van der Waals surface area contributed by atoms with Crippen LogP contribution in [0, 0.1) is 0 Å². The molecule has 0 amide bonds. The molecule has 1 aliphatic carbocycles. The molecule has 0 atom stereocenters. The molecule has 0 saturated heterocycles. The Kier molecular flexibility index (Phi) is 4.04. The molecule has 1 aromatic heterocycles. The lowest BCUT2D eigenvalue weighted by Gasteiger charge is -2.14. The highest BCUT2D eigenvalue weighted by atomic mass is 79.9. The number of nitrogens with zero attached hydrogens (tertiary/aromatic N) is 1. The summed E-state index contributed by atoms with van der Waals surface area (Å²) < 4.78 is 2.25. The van der Waals surface area contributed by atoms with Crippen molar-refractivity contribution in [1.82, 2.24) is 9.55 Å². The zero-order valence-corrected chi connectivity index (χ0v) is 13.6. The van der Waals surface area contributed by atoms with Crippen LogP contribution < -0.4 is 11.2 Å². The van der Waals surface area contributed by atoms with Crippen molar-refractivity contribution in [1.29, 1.82) is 0 Å². The molecule has 110 valence electrons. The third-order valence-corrected chi connectivity index (χ3v) is 4.72. The maximum Gasteiger partial charge on any atom is 0.329 e. The second kappa shape index (κ2) is 5.81. The summed E-state index contributed by atoms with van der Waals surface area (Å²) in [6.45, 7) is 0. The van der Waals surface area contributed by atoms with Gasteiger partial charge in [-0.3, -0.25) is 14.3 Å². The van der Waals surface area contributed by atoms with Crippen molar-refractivity contribution >= 4 is 27.5 Å². The van der Waals surface area contributed by atoms with Crippen molar-refractivity contribution in [3.8, 4) is 11.1 Å². The van der Waals surface area contributed by atoms with E-state index in [1.807, 2.05) is 24.3 Å². The highest BCUT2D eigenvalue weighted by Crippen LogP contribution is 2.29. The molecule has 1 saturated carbocycles. The Hall–Kier alpha value is -1.33. The zero-order chi connectivity index (χ0) is 15.0. The third-order valence-electron chi connectivity index (χ3n) is 3.91. The van der Waals surface area contributed by atoms with E-state index in [0.29, 0.717) is 11.1 Å². The number of benzene rings is 1. The van der Waals surface area contributed by atoms with Gasteiger partial charge in [0.15, 0.2) is 0 Å². The summed E-state index contributed by atoms with van der Waals surface area (Å²) in [5.74, 6) is 0. The predicted octanol–water partition coefficient (Wildman–Crippen LogP) is 3.73. The molecule has 2 aromatic rings. The first-order valence-corrected chi connectivity index (χ1v) is 8.05.